The summed E-state index contributed by atoms with van der Waals surface area (Å²) < 4.78 is 5.71. The van der Waals surface area contributed by atoms with Gasteiger partial charge in [-0.2, -0.15) is 4.98 Å². The molecule has 1 saturated heterocycles. The van der Waals surface area contributed by atoms with Crippen LogP contribution in [0.1, 0.15) is 6.92 Å². The van der Waals surface area contributed by atoms with Crippen LogP contribution in [0.5, 0.6) is 0 Å². The first-order valence-corrected chi connectivity index (χ1v) is 5.60. The highest BCUT2D eigenvalue weighted by atomic mass is 16.4. The van der Waals surface area contributed by atoms with Gasteiger partial charge in [0.1, 0.15) is 5.52 Å². The highest BCUT2D eigenvalue weighted by molar-refractivity contribution is 5.74. The summed E-state index contributed by atoms with van der Waals surface area (Å²) in [4.78, 5) is 6.59. The Balaban J connectivity index is 1.95. The van der Waals surface area contributed by atoms with Gasteiger partial charge in [-0.25, -0.2) is 0 Å². The molecule has 4 heteroatoms. The molecule has 16 heavy (non-hydrogen) atoms. The number of nitrogens with two attached hydrogens (primary N) is 1. The minimum atomic E-state index is 0.218. The van der Waals surface area contributed by atoms with Crippen molar-refractivity contribution >= 4 is 17.1 Å². The zero-order valence-electron chi connectivity index (χ0n) is 9.26. The van der Waals surface area contributed by atoms with Gasteiger partial charge in [-0.1, -0.05) is 19.1 Å². The van der Waals surface area contributed by atoms with Gasteiger partial charge in [-0.15, -0.1) is 0 Å². The van der Waals surface area contributed by atoms with Crippen molar-refractivity contribution in [3.05, 3.63) is 24.3 Å². The van der Waals surface area contributed by atoms with Crippen molar-refractivity contribution in [1.29, 1.82) is 0 Å². The molecule has 1 fully saturated rings. The number of anilines is 1. The maximum Gasteiger partial charge on any atom is 0.298 e. The molecule has 2 aromatic rings. The van der Waals surface area contributed by atoms with Crippen LogP contribution in [0.15, 0.2) is 28.7 Å². The molecule has 4 nitrogen and oxygen atoms in total. The van der Waals surface area contributed by atoms with Gasteiger partial charge in [0.2, 0.25) is 0 Å². The first-order chi connectivity index (χ1) is 7.74. The fourth-order valence-electron chi connectivity index (χ4n) is 2.14. The van der Waals surface area contributed by atoms with E-state index in [1.807, 2.05) is 24.3 Å². The molecule has 1 aliphatic rings. The minimum absolute atomic E-state index is 0.218. The van der Waals surface area contributed by atoms with E-state index in [4.69, 9.17) is 10.2 Å². The summed E-state index contributed by atoms with van der Waals surface area (Å²) in [5.74, 6) is 0.495. The second-order valence-electron chi connectivity index (χ2n) is 4.51. The Bertz CT molecular complexity index is 465. The van der Waals surface area contributed by atoms with E-state index in [-0.39, 0.29) is 6.04 Å². The lowest BCUT2D eigenvalue weighted by Crippen LogP contribution is -2.28. The monoisotopic (exact) mass is 217 g/mol. The molecular formula is C12H15N3O. The number of oxazole rings is 1. The number of hydrogen-bond acceptors (Lipinski definition) is 4. The molecule has 2 N–H and O–H groups in total. The fraction of sp³-hybridized carbons (Fsp3) is 0.417. The number of rotatable bonds is 1. The molecule has 1 aliphatic heterocycles. The average molecular weight is 217 g/mol. The van der Waals surface area contributed by atoms with Crippen molar-refractivity contribution < 1.29 is 4.42 Å². The Morgan fingerprint density at radius 2 is 2.19 bits per heavy atom. The van der Waals surface area contributed by atoms with E-state index in [1.165, 1.54) is 0 Å². The fourth-order valence-corrected chi connectivity index (χ4v) is 2.14. The average Bonchev–Trinajstić information content (AvgIpc) is 2.83. The Hall–Kier alpha value is -1.55. The standard InChI is InChI=1S/C12H15N3O/c1-8-6-15(7-9(8)13)12-14-10-4-2-3-5-11(10)16-12/h2-5,8-9H,6-7,13H2,1H3. The summed E-state index contributed by atoms with van der Waals surface area (Å²) in [7, 11) is 0. The molecule has 1 aromatic carbocycles. The van der Waals surface area contributed by atoms with Crippen molar-refractivity contribution in [1.82, 2.24) is 4.98 Å². The number of nitrogens with zero attached hydrogens (tertiary/aromatic N) is 2. The minimum Gasteiger partial charge on any atom is -0.423 e. The van der Waals surface area contributed by atoms with Gasteiger partial charge in [0.05, 0.1) is 0 Å². The van der Waals surface area contributed by atoms with Crippen LogP contribution in [0.2, 0.25) is 0 Å². The summed E-state index contributed by atoms with van der Waals surface area (Å²) in [5.41, 5.74) is 7.74. The predicted molar refractivity (Wildman–Crippen MR) is 63.4 cm³/mol. The van der Waals surface area contributed by atoms with Crippen LogP contribution in [0, 0.1) is 5.92 Å². The van der Waals surface area contributed by atoms with Crippen LogP contribution in [-0.4, -0.2) is 24.1 Å². The Morgan fingerprint density at radius 3 is 2.88 bits per heavy atom. The maximum atomic E-state index is 5.99. The lowest BCUT2D eigenvalue weighted by molar-refractivity contribution is 0.562. The van der Waals surface area contributed by atoms with Crippen LogP contribution < -0.4 is 10.6 Å². The van der Waals surface area contributed by atoms with Gasteiger partial charge < -0.3 is 15.1 Å². The normalized spacial score (nSPS) is 25.5. The molecule has 2 atom stereocenters. The lowest BCUT2D eigenvalue weighted by atomic mass is 10.1. The molecule has 2 unspecified atom stereocenters. The quantitative estimate of drug-likeness (QED) is 0.788. The number of para-hydroxylation sites is 2. The molecule has 84 valence electrons. The van der Waals surface area contributed by atoms with Crippen LogP contribution in [0.25, 0.3) is 11.1 Å². The van der Waals surface area contributed by atoms with E-state index in [2.05, 4.69) is 16.8 Å². The molecule has 1 aromatic heterocycles. The first kappa shape index (κ1) is 9.66. The van der Waals surface area contributed by atoms with Crippen molar-refractivity contribution in [3.8, 4) is 0 Å². The molecule has 0 spiro atoms. The van der Waals surface area contributed by atoms with Crippen LogP contribution in [-0.2, 0) is 0 Å². The molecule has 3 rings (SSSR count). The number of hydrogen-bond donors (Lipinski definition) is 1. The van der Waals surface area contributed by atoms with Gasteiger partial charge in [0, 0.05) is 19.1 Å². The summed E-state index contributed by atoms with van der Waals surface area (Å²) in [6.07, 6.45) is 0. The van der Waals surface area contributed by atoms with E-state index < -0.39 is 0 Å². The summed E-state index contributed by atoms with van der Waals surface area (Å²) in [6.45, 7) is 3.91. The summed E-state index contributed by atoms with van der Waals surface area (Å²) >= 11 is 0. The second kappa shape index (κ2) is 3.49. The Morgan fingerprint density at radius 1 is 1.38 bits per heavy atom. The molecule has 0 amide bonds. The first-order valence-electron chi connectivity index (χ1n) is 5.60. The zero-order valence-corrected chi connectivity index (χ0v) is 9.26. The largest absolute Gasteiger partial charge is 0.423 e. The third kappa shape index (κ3) is 1.46. The van der Waals surface area contributed by atoms with Gasteiger partial charge in [-0.05, 0) is 18.1 Å². The van der Waals surface area contributed by atoms with E-state index in [0.717, 1.165) is 24.2 Å². The SMILES string of the molecule is CC1CN(c2nc3ccccc3o2)CC1N. The Labute approximate surface area is 94.0 Å². The van der Waals surface area contributed by atoms with Crippen LogP contribution >= 0.6 is 0 Å². The third-order valence-electron chi connectivity index (χ3n) is 3.22. The summed E-state index contributed by atoms with van der Waals surface area (Å²) in [5, 5.41) is 0. The molecular weight excluding hydrogens is 202 g/mol. The maximum absolute atomic E-state index is 5.99. The van der Waals surface area contributed by atoms with Gasteiger partial charge in [0.25, 0.3) is 6.01 Å². The number of aromatic nitrogens is 1. The van der Waals surface area contributed by atoms with E-state index in [0.29, 0.717) is 11.9 Å². The van der Waals surface area contributed by atoms with Crippen molar-refractivity contribution in [3.63, 3.8) is 0 Å². The van der Waals surface area contributed by atoms with Crippen molar-refractivity contribution in [2.75, 3.05) is 18.0 Å². The highest BCUT2D eigenvalue weighted by Gasteiger charge is 2.29. The zero-order chi connectivity index (χ0) is 11.1. The van der Waals surface area contributed by atoms with Crippen LogP contribution in [0.4, 0.5) is 6.01 Å². The van der Waals surface area contributed by atoms with Crippen LogP contribution in [0.3, 0.4) is 0 Å². The number of fused-ring (bicyclic) bond motifs is 1. The predicted octanol–water partition coefficient (Wildman–Crippen LogP) is 1.61. The Kier molecular flexibility index (Phi) is 2.11. The number of benzene rings is 1. The molecule has 0 saturated carbocycles. The van der Waals surface area contributed by atoms with E-state index in [1.54, 1.807) is 0 Å². The van der Waals surface area contributed by atoms with Crippen molar-refractivity contribution in [2.24, 2.45) is 11.7 Å². The third-order valence-corrected chi connectivity index (χ3v) is 3.22. The summed E-state index contributed by atoms with van der Waals surface area (Å²) in [6, 6.07) is 8.73. The smallest absolute Gasteiger partial charge is 0.298 e. The second-order valence-corrected chi connectivity index (χ2v) is 4.51. The van der Waals surface area contributed by atoms with Gasteiger partial charge in [-0.3, -0.25) is 0 Å². The van der Waals surface area contributed by atoms with E-state index in [9.17, 15) is 0 Å². The lowest BCUT2D eigenvalue weighted by Gasteiger charge is -2.11. The van der Waals surface area contributed by atoms with E-state index >= 15 is 0 Å². The highest BCUT2D eigenvalue weighted by Crippen LogP contribution is 2.26. The van der Waals surface area contributed by atoms with Gasteiger partial charge in [0.15, 0.2) is 5.58 Å². The molecule has 0 radical (unpaired) electrons. The topological polar surface area (TPSA) is 55.3 Å². The van der Waals surface area contributed by atoms with Crippen molar-refractivity contribution in [2.45, 2.75) is 13.0 Å². The molecule has 0 aliphatic carbocycles. The molecule has 0 bridgehead atoms. The molecule has 2 heterocycles. The van der Waals surface area contributed by atoms with Gasteiger partial charge >= 0.3 is 0 Å².